The molecule has 0 saturated carbocycles. The zero-order chi connectivity index (χ0) is 10.7. The second-order valence-electron chi connectivity index (χ2n) is 3.59. The molecule has 82 valence electrons. The predicted molar refractivity (Wildman–Crippen MR) is 61.8 cm³/mol. The van der Waals surface area contributed by atoms with Crippen molar-refractivity contribution in [3.63, 3.8) is 0 Å². The Hall–Kier alpha value is -0.870. The van der Waals surface area contributed by atoms with Crippen LogP contribution in [-0.2, 0) is 0 Å². The van der Waals surface area contributed by atoms with Crippen LogP contribution in [0.3, 0.4) is 0 Å². The lowest BCUT2D eigenvalue weighted by Crippen LogP contribution is -2.17. The first kappa shape index (κ1) is 10.6. The van der Waals surface area contributed by atoms with E-state index in [0.29, 0.717) is 13.2 Å². The van der Waals surface area contributed by atoms with E-state index >= 15 is 0 Å². The molecule has 1 aromatic carbocycles. The number of rotatable bonds is 3. The molecule has 0 aromatic heterocycles. The standard InChI is InChI=1S/C11H15NO2S/c1-8(12)7-15-9-2-3-10-11(6-9)14-5-4-13-10/h2-3,6,8H,4-5,7,12H2,1H3/t8-/m0/s1. The fourth-order valence-corrected chi connectivity index (χ4v) is 2.15. The van der Waals surface area contributed by atoms with Crippen LogP contribution >= 0.6 is 11.8 Å². The summed E-state index contributed by atoms with van der Waals surface area (Å²) < 4.78 is 10.9. The van der Waals surface area contributed by atoms with Gasteiger partial charge in [0, 0.05) is 16.7 Å². The van der Waals surface area contributed by atoms with Crippen LogP contribution in [0.15, 0.2) is 23.1 Å². The lowest BCUT2D eigenvalue weighted by molar-refractivity contribution is 0.171. The Balaban J connectivity index is 2.07. The summed E-state index contributed by atoms with van der Waals surface area (Å²) in [7, 11) is 0. The number of ether oxygens (including phenoxy) is 2. The monoisotopic (exact) mass is 225 g/mol. The normalized spacial score (nSPS) is 16.1. The van der Waals surface area contributed by atoms with E-state index in [1.807, 2.05) is 25.1 Å². The van der Waals surface area contributed by atoms with E-state index in [9.17, 15) is 0 Å². The molecule has 1 aliphatic heterocycles. The van der Waals surface area contributed by atoms with Gasteiger partial charge in [-0.1, -0.05) is 0 Å². The first-order valence-corrected chi connectivity index (χ1v) is 6.02. The largest absolute Gasteiger partial charge is 0.486 e. The van der Waals surface area contributed by atoms with E-state index in [1.54, 1.807) is 11.8 Å². The molecule has 0 bridgehead atoms. The van der Waals surface area contributed by atoms with Crippen molar-refractivity contribution in [3.05, 3.63) is 18.2 Å². The van der Waals surface area contributed by atoms with Crippen LogP contribution in [0.1, 0.15) is 6.92 Å². The minimum Gasteiger partial charge on any atom is -0.486 e. The van der Waals surface area contributed by atoms with E-state index in [4.69, 9.17) is 15.2 Å². The Bertz CT molecular complexity index is 341. The Morgan fingerprint density at radius 1 is 1.33 bits per heavy atom. The zero-order valence-electron chi connectivity index (χ0n) is 8.73. The molecule has 1 aliphatic rings. The first-order valence-electron chi connectivity index (χ1n) is 5.04. The number of hydrogen-bond donors (Lipinski definition) is 1. The van der Waals surface area contributed by atoms with Crippen molar-refractivity contribution in [2.75, 3.05) is 19.0 Å². The smallest absolute Gasteiger partial charge is 0.162 e. The molecule has 15 heavy (non-hydrogen) atoms. The zero-order valence-corrected chi connectivity index (χ0v) is 9.55. The number of hydrogen-bond acceptors (Lipinski definition) is 4. The van der Waals surface area contributed by atoms with Gasteiger partial charge in [-0.25, -0.2) is 0 Å². The fraction of sp³-hybridized carbons (Fsp3) is 0.455. The summed E-state index contributed by atoms with van der Waals surface area (Å²) in [5, 5.41) is 0. The lowest BCUT2D eigenvalue weighted by atomic mass is 10.3. The van der Waals surface area contributed by atoms with E-state index in [2.05, 4.69) is 0 Å². The highest BCUT2D eigenvalue weighted by atomic mass is 32.2. The van der Waals surface area contributed by atoms with Gasteiger partial charge in [0.05, 0.1) is 0 Å². The van der Waals surface area contributed by atoms with Crippen LogP contribution in [0.25, 0.3) is 0 Å². The molecule has 0 aliphatic carbocycles. The number of nitrogens with two attached hydrogens (primary N) is 1. The third-order valence-corrected chi connectivity index (χ3v) is 3.31. The van der Waals surface area contributed by atoms with Crippen molar-refractivity contribution in [3.8, 4) is 11.5 Å². The molecule has 0 amide bonds. The second kappa shape index (κ2) is 4.77. The minimum absolute atomic E-state index is 0.211. The molecule has 4 heteroatoms. The highest BCUT2D eigenvalue weighted by molar-refractivity contribution is 7.99. The van der Waals surface area contributed by atoms with Crippen molar-refractivity contribution in [1.82, 2.24) is 0 Å². The third kappa shape index (κ3) is 2.79. The van der Waals surface area contributed by atoms with Crippen molar-refractivity contribution in [2.24, 2.45) is 5.73 Å². The quantitative estimate of drug-likeness (QED) is 0.798. The highest BCUT2D eigenvalue weighted by Crippen LogP contribution is 2.34. The van der Waals surface area contributed by atoms with Gasteiger partial charge in [-0.3, -0.25) is 0 Å². The van der Waals surface area contributed by atoms with Crippen LogP contribution in [-0.4, -0.2) is 25.0 Å². The molecule has 0 spiro atoms. The van der Waals surface area contributed by atoms with Gasteiger partial charge in [0.25, 0.3) is 0 Å². The third-order valence-electron chi connectivity index (χ3n) is 2.03. The SMILES string of the molecule is C[C@H](N)CSc1ccc2c(c1)OCCO2. The van der Waals surface area contributed by atoms with Crippen LogP contribution < -0.4 is 15.2 Å². The van der Waals surface area contributed by atoms with Gasteiger partial charge < -0.3 is 15.2 Å². The number of thioether (sulfide) groups is 1. The molecule has 0 radical (unpaired) electrons. The van der Waals surface area contributed by atoms with Crippen LogP contribution in [0, 0.1) is 0 Å². The molecule has 1 aromatic rings. The van der Waals surface area contributed by atoms with Gasteiger partial charge in [0.2, 0.25) is 0 Å². The van der Waals surface area contributed by atoms with E-state index < -0.39 is 0 Å². The molecule has 0 saturated heterocycles. The molecule has 3 nitrogen and oxygen atoms in total. The summed E-state index contributed by atoms with van der Waals surface area (Å²) in [4.78, 5) is 1.18. The number of fused-ring (bicyclic) bond motifs is 1. The fourth-order valence-electron chi connectivity index (χ4n) is 1.34. The second-order valence-corrected chi connectivity index (χ2v) is 4.69. The molecule has 2 rings (SSSR count). The molecular weight excluding hydrogens is 210 g/mol. The summed E-state index contributed by atoms with van der Waals surface area (Å²) >= 11 is 1.74. The average molecular weight is 225 g/mol. The Labute approximate surface area is 93.9 Å². The van der Waals surface area contributed by atoms with Gasteiger partial charge in [-0.05, 0) is 25.1 Å². The first-order chi connectivity index (χ1) is 7.25. The summed E-state index contributed by atoms with van der Waals surface area (Å²) in [5.74, 6) is 2.60. The number of benzene rings is 1. The van der Waals surface area contributed by atoms with Gasteiger partial charge in [0.1, 0.15) is 13.2 Å². The summed E-state index contributed by atoms with van der Waals surface area (Å²) in [6, 6.07) is 6.23. The molecular formula is C11H15NO2S. The topological polar surface area (TPSA) is 44.5 Å². The van der Waals surface area contributed by atoms with E-state index in [-0.39, 0.29) is 6.04 Å². The molecule has 2 N–H and O–H groups in total. The summed E-state index contributed by atoms with van der Waals surface area (Å²) in [5.41, 5.74) is 5.70. The van der Waals surface area contributed by atoms with E-state index in [1.165, 1.54) is 4.90 Å². The molecule has 1 atom stereocenters. The molecule has 0 fully saturated rings. The Kier molecular flexibility index (Phi) is 3.38. The Morgan fingerprint density at radius 3 is 2.80 bits per heavy atom. The maximum Gasteiger partial charge on any atom is 0.162 e. The van der Waals surface area contributed by atoms with Gasteiger partial charge in [-0.2, -0.15) is 0 Å². The maximum absolute atomic E-state index is 5.70. The highest BCUT2D eigenvalue weighted by Gasteiger charge is 2.11. The maximum atomic E-state index is 5.70. The van der Waals surface area contributed by atoms with Crippen molar-refractivity contribution in [1.29, 1.82) is 0 Å². The predicted octanol–water partition coefficient (Wildman–Crippen LogP) is 1.90. The van der Waals surface area contributed by atoms with Crippen molar-refractivity contribution >= 4 is 11.8 Å². The molecule has 0 unspecified atom stereocenters. The summed E-state index contributed by atoms with van der Waals surface area (Å²) in [6.07, 6.45) is 0. The minimum atomic E-state index is 0.211. The van der Waals surface area contributed by atoms with Crippen LogP contribution in [0.5, 0.6) is 11.5 Å². The van der Waals surface area contributed by atoms with Crippen molar-refractivity contribution < 1.29 is 9.47 Å². The van der Waals surface area contributed by atoms with E-state index in [0.717, 1.165) is 17.3 Å². The average Bonchev–Trinajstić information content (AvgIpc) is 2.26. The Morgan fingerprint density at radius 2 is 2.07 bits per heavy atom. The van der Waals surface area contributed by atoms with Gasteiger partial charge in [-0.15, -0.1) is 11.8 Å². The lowest BCUT2D eigenvalue weighted by Gasteiger charge is -2.18. The van der Waals surface area contributed by atoms with Crippen molar-refractivity contribution in [2.45, 2.75) is 17.9 Å². The molecule has 1 heterocycles. The van der Waals surface area contributed by atoms with Gasteiger partial charge in [0.15, 0.2) is 11.5 Å². The summed E-state index contributed by atoms with van der Waals surface area (Å²) in [6.45, 7) is 3.28. The van der Waals surface area contributed by atoms with Crippen LogP contribution in [0.2, 0.25) is 0 Å². The van der Waals surface area contributed by atoms with Gasteiger partial charge >= 0.3 is 0 Å². The van der Waals surface area contributed by atoms with Crippen LogP contribution in [0.4, 0.5) is 0 Å².